The van der Waals surface area contributed by atoms with E-state index in [0.29, 0.717) is 0 Å². The van der Waals surface area contributed by atoms with E-state index >= 15 is 0 Å². The molecule has 0 atom stereocenters. The lowest BCUT2D eigenvalue weighted by molar-refractivity contribution is -0.132. The van der Waals surface area contributed by atoms with Crippen LogP contribution < -0.4 is 0 Å². The molecule has 0 aliphatic carbocycles. The minimum absolute atomic E-state index is 0.166. The van der Waals surface area contributed by atoms with E-state index in [4.69, 9.17) is 5.11 Å². The summed E-state index contributed by atoms with van der Waals surface area (Å²) in [5.74, 6) is 4.71. The zero-order valence-electron chi connectivity index (χ0n) is 7.39. The molecule has 0 aromatic heterocycles. The van der Waals surface area contributed by atoms with Crippen LogP contribution in [0.4, 0.5) is 0 Å². The first-order valence-electron chi connectivity index (χ1n) is 4.05. The Labute approximate surface area is 73.3 Å². The predicted octanol–water partition coefficient (Wildman–Crippen LogP) is 2.21. The number of unbranched alkanes of at least 4 members (excludes halogenated alkanes) is 2. The first-order chi connectivity index (χ1) is 5.68. The minimum Gasteiger partial charge on any atom is -0.478 e. The van der Waals surface area contributed by atoms with Crippen molar-refractivity contribution in [2.45, 2.75) is 32.6 Å². The van der Waals surface area contributed by atoms with Crippen molar-refractivity contribution in [2.24, 2.45) is 0 Å². The van der Waals surface area contributed by atoms with Crippen molar-refractivity contribution in [1.29, 1.82) is 0 Å². The molecule has 66 valence electrons. The Balaban J connectivity index is 3.57. The predicted molar refractivity (Wildman–Crippen MR) is 48.7 cm³/mol. The Bertz CT molecular complexity index is 218. The summed E-state index contributed by atoms with van der Waals surface area (Å²) < 4.78 is 0. The van der Waals surface area contributed by atoms with Crippen LogP contribution in [0.15, 0.2) is 12.2 Å². The third kappa shape index (κ3) is 5.55. The van der Waals surface area contributed by atoms with Crippen molar-refractivity contribution in [1.82, 2.24) is 0 Å². The highest BCUT2D eigenvalue weighted by atomic mass is 16.4. The van der Waals surface area contributed by atoms with Gasteiger partial charge in [-0.15, -0.1) is 5.92 Å². The van der Waals surface area contributed by atoms with Gasteiger partial charge in [0.1, 0.15) is 0 Å². The van der Waals surface area contributed by atoms with E-state index < -0.39 is 5.97 Å². The molecule has 0 saturated carbocycles. The van der Waals surface area contributed by atoms with Gasteiger partial charge in [0.2, 0.25) is 0 Å². The average Bonchev–Trinajstić information content (AvgIpc) is 2.03. The zero-order valence-corrected chi connectivity index (χ0v) is 7.39. The molecule has 0 radical (unpaired) electrons. The molecule has 0 aliphatic heterocycles. The molecule has 0 spiro atoms. The molecule has 0 aliphatic rings. The van der Waals surface area contributed by atoms with Crippen molar-refractivity contribution >= 4 is 5.97 Å². The molecule has 0 rings (SSSR count). The summed E-state index contributed by atoms with van der Waals surface area (Å²) in [6, 6.07) is 0. The van der Waals surface area contributed by atoms with Crippen LogP contribution in [-0.4, -0.2) is 11.1 Å². The molecule has 0 saturated heterocycles. The fourth-order valence-corrected chi connectivity index (χ4v) is 0.598. The van der Waals surface area contributed by atoms with E-state index in [1.54, 1.807) is 0 Å². The van der Waals surface area contributed by atoms with Crippen molar-refractivity contribution < 1.29 is 9.90 Å². The second kappa shape index (κ2) is 6.48. The highest BCUT2D eigenvalue weighted by Gasteiger charge is 1.99. The molecule has 2 heteroatoms. The summed E-state index contributed by atoms with van der Waals surface area (Å²) in [5.41, 5.74) is 0.166. The van der Waals surface area contributed by atoms with Crippen molar-refractivity contribution in [3.63, 3.8) is 0 Å². The van der Waals surface area contributed by atoms with Crippen molar-refractivity contribution in [3.05, 3.63) is 12.2 Å². The van der Waals surface area contributed by atoms with E-state index in [1.165, 1.54) is 0 Å². The minimum atomic E-state index is -0.959. The van der Waals surface area contributed by atoms with Gasteiger partial charge in [0, 0.05) is 18.4 Å². The number of carboxylic acid groups (broad SMARTS) is 1. The number of hydrogen-bond acceptors (Lipinski definition) is 1. The molecule has 0 aromatic rings. The number of hydrogen-bond donors (Lipinski definition) is 1. The zero-order chi connectivity index (χ0) is 9.40. The summed E-state index contributed by atoms with van der Waals surface area (Å²) >= 11 is 0. The number of carbonyl (C=O) groups is 1. The molecule has 2 nitrogen and oxygen atoms in total. The lowest BCUT2D eigenvalue weighted by Crippen LogP contribution is -1.96. The quantitative estimate of drug-likeness (QED) is 0.395. The first-order valence-corrected chi connectivity index (χ1v) is 4.05. The molecule has 0 unspecified atom stereocenters. The summed E-state index contributed by atoms with van der Waals surface area (Å²) in [4.78, 5) is 10.3. The smallest absolute Gasteiger partial charge is 0.331 e. The van der Waals surface area contributed by atoms with Crippen LogP contribution in [0.1, 0.15) is 32.6 Å². The van der Waals surface area contributed by atoms with Crippen LogP contribution in [0.5, 0.6) is 0 Å². The van der Waals surface area contributed by atoms with E-state index in [2.05, 4.69) is 25.3 Å². The van der Waals surface area contributed by atoms with Crippen LogP contribution in [0.25, 0.3) is 0 Å². The van der Waals surface area contributed by atoms with Gasteiger partial charge in [0.15, 0.2) is 0 Å². The van der Waals surface area contributed by atoms with Crippen LogP contribution in [0.2, 0.25) is 0 Å². The largest absolute Gasteiger partial charge is 0.478 e. The number of carboxylic acids is 1. The normalized spacial score (nSPS) is 8.42. The van der Waals surface area contributed by atoms with Gasteiger partial charge in [-0.25, -0.2) is 4.79 Å². The topological polar surface area (TPSA) is 37.3 Å². The fraction of sp³-hybridized carbons (Fsp3) is 0.500. The van der Waals surface area contributed by atoms with Crippen LogP contribution in [0.3, 0.4) is 0 Å². The van der Waals surface area contributed by atoms with E-state index in [-0.39, 0.29) is 12.0 Å². The lowest BCUT2D eigenvalue weighted by atomic mass is 10.2. The molecule has 0 aromatic carbocycles. The summed E-state index contributed by atoms with van der Waals surface area (Å²) in [6.07, 6.45) is 3.32. The van der Waals surface area contributed by atoms with E-state index in [1.807, 2.05) is 0 Å². The molecular weight excluding hydrogens is 152 g/mol. The van der Waals surface area contributed by atoms with Gasteiger partial charge >= 0.3 is 5.97 Å². The Kier molecular flexibility index (Phi) is 5.81. The summed E-state index contributed by atoms with van der Waals surface area (Å²) in [7, 11) is 0. The van der Waals surface area contributed by atoms with Gasteiger partial charge < -0.3 is 5.11 Å². The Morgan fingerprint density at radius 3 is 2.67 bits per heavy atom. The first kappa shape index (κ1) is 10.8. The number of aliphatic carboxylic acids is 1. The van der Waals surface area contributed by atoms with E-state index in [0.717, 1.165) is 19.3 Å². The van der Waals surface area contributed by atoms with Gasteiger partial charge in [-0.2, -0.15) is 0 Å². The molecular formula is C10H14O2. The number of rotatable bonds is 4. The monoisotopic (exact) mass is 166 g/mol. The van der Waals surface area contributed by atoms with Gasteiger partial charge in [0.25, 0.3) is 0 Å². The second-order valence-electron chi connectivity index (χ2n) is 2.54. The lowest BCUT2D eigenvalue weighted by Gasteiger charge is -1.89. The maximum absolute atomic E-state index is 10.3. The van der Waals surface area contributed by atoms with Gasteiger partial charge in [-0.05, 0) is 6.42 Å². The van der Waals surface area contributed by atoms with Gasteiger partial charge in [0.05, 0.1) is 0 Å². The Morgan fingerprint density at radius 1 is 1.50 bits per heavy atom. The third-order valence-electron chi connectivity index (χ3n) is 1.38. The SMILES string of the molecule is C=C(CC#CCCCC)C(=O)O. The van der Waals surface area contributed by atoms with Crippen molar-refractivity contribution in [2.75, 3.05) is 0 Å². The molecule has 12 heavy (non-hydrogen) atoms. The maximum atomic E-state index is 10.3. The highest BCUT2D eigenvalue weighted by Crippen LogP contribution is 1.96. The Hall–Kier alpha value is -1.23. The maximum Gasteiger partial charge on any atom is 0.331 e. The molecule has 0 fully saturated rings. The van der Waals surface area contributed by atoms with Crippen LogP contribution >= 0.6 is 0 Å². The summed E-state index contributed by atoms with van der Waals surface area (Å²) in [5, 5.41) is 8.42. The summed E-state index contributed by atoms with van der Waals surface area (Å²) in [6.45, 7) is 5.47. The third-order valence-corrected chi connectivity index (χ3v) is 1.38. The molecule has 1 N–H and O–H groups in total. The highest BCUT2D eigenvalue weighted by molar-refractivity contribution is 5.86. The molecule has 0 bridgehead atoms. The standard InChI is InChI=1S/C10H14O2/c1-3-4-5-6-7-8-9(2)10(11)12/h2-5,8H2,1H3,(H,11,12). The molecule has 0 amide bonds. The van der Waals surface area contributed by atoms with E-state index in [9.17, 15) is 4.79 Å². The van der Waals surface area contributed by atoms with Crippen molar-refractivity contribution in [3.8, 4) is 11.8 Å². The average molecular weight is 166 g/mol. The fourth-order valence-electron chi connectivity index (χ4n) is 0.598. The van der Waals surface area contributed by atoms with Gasteiger partial charge in [-0.1, -0.05) is 25.8 Å². The van der Waals surface area contributed by atoms with Crippen LogP contribution in [-0.2, 0) is 4.79 Å². The van der Waals surface area contributed by atoms with Crippen LogP contribution in [0, 0.1) is 11.8 Å². The second-order valence-corrected chi connectivity index (χ2v) is 2.54. The Morgan fingerprint density at radius 2 is 2.17 bits per heavy atom. The van der Waals surface area contributed by atoms with Gasteiger partial charge in [-0.3, -0.25) is 0 Å². The molecule has 0 heterocycles.